The number of rotatable bonds is 3. The summed E-state index contributed by atoms with van der Waals surface area (Å²) < 4.78 is 9.52. The predicted octanol–water partition coefficient (Wildman–Crippen LogP) is 4.00. The summed E-state index contributed by atoms with van der Waals surface area (Å²) in [6.45, 7) is 4.15. The molecular weight excluding hydrogens is 468 g/mol. The molecule has 0 aromatic carbocycles. The molecule has 4 aromatic heterocycles. The van der Waals surface area contributed by atoms with Gasteiger partial charge in [-0.3, -0.25) is 0 Å². The lowest BCUT2D eigenvalue weighted by molar-refractivity contribution is 0.179. The van der Waals surface area contributed by atoms with Crippen LogP contribution in [0.1, 0.15) is 13.8 Å². The Hall–Kier alpha value is -3.10. The minimum Gasteiger partial charge on any atom is -0.458 e. The number of fused-ring (bicyclic) bond motifs is 2. The Bertz CT molecular complexity index is 1190. The van der Waals surface area contributed by atoms with Crippen LogP contribution < -0.4 is 0 Å². The van der Waals surface area contributed by atoms with Crippen molar-refractivity contribution in [3.8, 4) is 0 Å². The van der Waals surface area contributed by atoms with Gasteiger partial charge in [0.25, 0.3) is 0 Å². The number of nitrogens with one attached hydrogen (secondary N) is 3. The van der Waals surface area contributed by atoms with Crippen molar-refractivity contribution in [2.24, 2.45) is 0 Å². The highest BCUT2D eigenvalue weighted by Crippen LogP contribution is 2.23. The molecule has 0 bridgehead atoms. The summed E-state index contributed by atoms with van der Waals surface area (Å²) in [6, 6.07) is 0. The summed E-state index contributed by atoms with van der Waals surface area (Å²) in [5, 5.41) is 0.142. The average molecular weight is 485 g/mol. The molecule has 31 heavy (non-hydrogen) atoms. The summed E-state index contributed by atoms with van der Waals surface area (Å²) in [5.41, 5.74) is 1.99. The van der Waals surface area contributed by atoms with E-state index in [9.17, 15) is 9.59 Å². The Morgan fingerprint density at radius 3 is 2.29 bits per heavy atom. The molecule has 0 aliphatic carbocycles. The minimum atomic E-state index is -0.738. The Morgan fingerprint density at radius 2 is 1.65 bits per heavy atom. The van der Waals surface area contributed by atoms with Gasteiger partial charge < -0.3 is 24.4 Å². The van der Waals surface area contributed by atoms with Crippen LogP contribution >= 0.6 is 35.6 Å². The highest BCUT2D eigenvalue weighted by Gasteiger charge is 2.11. The van der Waals surface area contributed by atoms with Crippen molar-refractivity contribution in [3.63, 3.8) is 0 Å². The van der Waals surface area contributed by atoms with Crippen LogP contribution in [-0.4, -0.2) is 63.8 Å². The predicted molar refractivity (Wildman–Crippen MR) is 117 cm³/mol. The molecule has 4 aromatic rings. The third kappa shape index (κ3) is 7.58. The van der Waals surface area contributed by atoms with Gasteiger partial charge in [0.05, 0.1) is 32.2 Å². The first-order valence-electron chi connectivity index (χ1n) is 8.63. The second kappa shape index (κ2) is 12.6. The van der Waals surface area contributed by atoms with E-state index < -0.39 is 5.43 Å². The van der Waals surface area contributed by atoms with Gasteiger partial charge in [-0.25, -0.2) is 34.5 Å². The summed E-state index contributed by atoms with van der Waals surface area (Å²) in [7, 11) is 0. The molecule has 0 amide bonds. The summed E-state index contributed by atoms with van der Waals surface area (Å²) >= 11 is 10.5. The fourth-order valence-corrected chi connectivity index (χ4v) is 2.95. The summed E-state index contributed by atoms with van der Waals surface area (Å²) in [5.74, 6) is 0. The highest BCUT2D eigenvalue weighted by atomic mass is 35.5. The molecule has 4 heterocycles. The number of halogens is 1. The molecule has 0 radical (unpaired) electrons. The highest BCUT2D eigenvalue weighted by molar-refractivity contribution is 8.13. The number of hydrogen-bond donors (Lipinski definition) is 3. The van der Waals surface area contributed by atoms with Crippen LogP contribution in [-0.2, 0) is 9.47 Å². The second-order valence-electron chi connectivity index (χ2n) is 5.07. The van der Waals surface area contributed by atoms with E-state index in [4.69, 9.17) is 28.6 Å². The maximum absolute atomic E-state index is 11.2. The lowest BCUT2D eigenvalue weighted by Crippen LogP contribution is -1.97. The zero-order chi connectivity index (χ0) is 22.6. The van der Waals surface area contributed by atoms with Gasteiger partial charge in [-0.1, -0.05) is 12.2 Å². The number of carbonyl (C=O) groups excluding carboxylic acids is 2. The lowest BCUT2D eigenvalue weighted by atomic mass is 10.6. The van der Waals surface area contributed by atoms with Gasteiger partial charge in [0, 0.05) is 23.4 Å². The van der Waals surface area contributed by atoms with E-state index in [1.807, 2.05) is 0 Å². The molecule has 15 heteroatoms. The third-order valence-electron chi connectivity index (χ3n) is 3.12. The van der Waals surface area contributed by atoms with Crippen LogP contribution in [0.25, 0.3) is 22.3 Å². The van der Waals surface area contributed by atoms with Crippen molar-refractivity contribution >= 4 is 68.6 Å². The maximum atomic E-state index is 11.2. The molecule has 12 nitrogen and oxygen atoms in total. The number of thioether (sulfide) groups is 1. The van der Waals surface area contributed by atoms with Gasteiger partial charge in [-0.2, -0.15) is 0 Å². The van der Waals surface area contributed by atoms with Crippen molar-refractivity contribution in [2.75, 3.05) is 13.2 Å². The van der Waals surface area contributed by atoms with Gasteiger partial charge in [-0.15, -0.1) is 0 Å². The Labute approximate surface area is 189 Å². The first kappa shape index (κ1) is 24.2. The van der Waals surface area contributed by atoms with Crippen LogP contribution in [0, 0.1) is 4.64 Å². The van der Waals surface area contributed by atoms with Gasteiger partial charge >= 0.3 is 10.7 Å². The van der Waals surface area contributed by atoms with Crippen molar-refractivity contribution < 1.29 is 19.1 Å². The van der Waals surface area contributed by atoms with E-state index in [-0.39, 0.29) is 5.30 Å². The number of aromatic amines is 3. The second-order valence-corrected chi connectivity index (χ2v) is 6.69. The molecule has 0 aliphatic rings. The number of ether oxygens (including phenoxy) is 2. The largest absolute Gasteiger partial charge is 0.458 e. The monoisotopic (exact) mass is 484 g/mol. The topological polar surface area (TPSA) is 164 Å². The number of carbonyl (C=O) groups is 2. The molecule has 0 unspecified atom stereocenters. The first-order valence-corrected chi connectivity index (χ1v) is 10.2. The fraction of sp³-hybridized carbons (Fsp3) is 0.250. The zero-order valence-electron chi connectivity index (χ0n) is 16.3. The quantitative estimate of drug-likeness (QED) is 0.126. The number of nitrogens with zero attached hydrogens (tertiary/aromatic N) is 5. The molecule has 0 saturated heterocycles. The van der Waals surface area contributed by atoms with Crippen LogP contribution in [0.2, 0.25) is 0 Å². The standard InChI is InChI=1S/C8H8N4O2S.C5H4N4S.C3H5ClO2/c1-2-14-8(13)15-7-5-6(10-3-9-5)11-4-12-7;10-5-3-4(7-1-6-3)8-2-9-5;1-2-6-3(4)5/h3-4H,2H2,1H3,(H,9,10,11,12);1-2H,(H2,6,7,8,9,10);2H2,1H3. The van der Waals surface area contributed by atoms with Gasteiger partial charge in [0.1, 0.15) is 22.4 Å². The van der Waals surface area contributed by atoms with Crippen molar-refractivity contribution in [1.82, 2.24) is 39.9 Å². The average Bonchev–Trinajstić information content (AvgIpc) is 3.39. The van der Waals surface area contributed by atoms with Crippen molar-refractivity contribution in [2.45, 2.75) is 18.9 Å². The van der Waals surface area contributed by atoms with Crippen molar-refractivity contribution in [3.05, 3.63) is 29.9 Å². The number of imidazole rings is 2. The van der Waals surface area contributed by atoms with Gasteiger partial charge in [0.15, 0.2) is 15.9 Å². The number of hydrogen-bond acceptors (Lipinski definition) is 11. The van der Waals surface area contributed by atoms with Crippen LogP contribution in [0.3, 0.4) is 0 Å². The number of aromatic nitrogens is 8. The summed E-state index contributed by atoms with van der Waals surface area (Å²) in [4.78, 5) is 49.1. The molecule has 0 spiro atoms. The maximum Gasteiger partial charge on any atom is 0.403 e. The smallest absolute Gasteiger partial charge is 0.403 e. The van der Waals surface area contributed by atoms with E-state index in [0.29, 0.717) is 34.0 Å². The van der Waals surface area contributed by atoms with E-state index in [2.05, 4.69) is 44.6 Å². The molecule has 164 valence electrons. The molecule has 3 N–H and O–H groups in total. The van der Waals surface area contributed by atoms with Crippen LogP contribution in [0.4, 0.5) is 9.59 Å². The molecular formula is C16H17ClN8O4S2. The zero-order valence-corrected chi connectivity index (χ0v) is 18.7. The SMILES string of the molecule is CCOC(=O)Cl.CCOC(=O)Sc1ncnc2nc[nH]c12.S=c1nc[nH]c2nc[nH]c12. The fourth-order valence-electron chi connectivity index (χ4n) is 1.94. The summed E-state index contributed by atoms with van der Waals surface area (Å²) in [6.07, 6.45) is 5.99. The molecule has 0 atom stereocenters. The molecule has 0 aliphatic heterocycles. The minimum absolute atomic E-state index is 0.350. The first-order chi connectivity index (χ1) is 15.0. The van der Waals surface area contributed by atoms with E-state index >= 15 is 0 Å². The van der Waals surface area contributed by atoms with Gasteiger partial charge in [-0.05, 0) is 13.8 Å². The van der Waals surface area contributed by atoms with Crippen LogP contribution in [0.15, 0.2) is 30.3 Å². The lowest BCUT2D eigenvalue weighted by Gasteiger charge is -2.00. The van der Waals surface area contributed by atoms with E-state index in [1.54, 1.807) is 20.2 Å². The number of H-pyrrole nitrogens is 3. The normalized spacial score (nSPS) is 9.90. The third-order valence-corrected chi connectivity index (χ3v) is 4.33. The molecule has 4 rings (SSSR count). The Morgan fingerprint density at radius 1 is 0.968 bits per heavy atom. The Balaban J connectivity index is 0.000000184. The van der Waals surface area contributed by atoms with Crippen LogP contribution in [0.5, 0.6) is 0 Å². The van der Waals surface area contributed by atoms with E-state index in [0.717, 1.165) is 22.9 Å². The van der Waals surface area contributed by atoms with Gasteiger partial charge in [0.2, 0.25) is 0 Å². The van der Waals surface area contributed by atoms with E-state index in [1.165, 1.54) is 19.0 Å². The Kier molecular flexibility index (Phi) is 9.80. The molecule has 0 saturated carbocycles. The molecule has 0 fully saturated rings. The van der Waals surface area contributed by atoms with Crippen molar-refractivity contribution in [1.29, 1.82) is 0 Å².